The van der Waals surface area contributed by atoms with E-state index in [2.05, 4.69) is 55.2 Å². The maximum absolute atomic E-state index is 4.97. The predicted molar refractivity (Wildman–Crippen MR) is 106 cm³/mol. The molecule has 0 spiro atoms. The first-order chi connectivity index (χ1) is 12.3. The molecule has 1 aromatic heterocycles. The highest BCUT2D eigenvalue weighted by Gasteiger charge is 2.38. The van der Waals surface area contributed by atoms with Gasteiger partial charge in [-0.3, -0.25) is 4.90 Å². The fourth-order valence-corrected chi connectivity index (χ4v) is 3.54. The Morgan fingerprint density at radius 1 is 1.04 bits per heavy atom. The molecule has 132 valence electrons. The molecule has 1 aliphatic rings. The summed E-state index contributed by atoms with van der Waals surface area (Å²) in [6, 6.07) is 8.25. The first-order valence-corrected chi connectivity index (χ1v) is 9.62. The van der Waals surface area contributed by atoms with Crippen molar-refractivity contribution in [2.45, 2.75) is 51.5 Å². The lowest BCUT2D eigenvalue weighted by Crippen LogP contribution is -2.47. The minimum absolute atomic E-state index is 0.219. The summed E-state index contributed by atoms with van der Waals surface area (Å²) >= 11 is 0. The summed E-state index contributed by atoms with van der Waals surface area (Å²) in [7, 11) is 0. The largest absolute Gasteiger partial charge is 0.287 e. The molecule has 1 heterocycles. The summed E-state index contributed by atoms with van der Waals surface area (Å²) < 4.78 is 0. The van der Waals surface area contributed by atoms with Gasteiger partial charge in [-0.05, 0) is 38.4 Å². The number of nitrogens with zero attached hydrogens (tertiary/aromatic N) is 3. The minimum Gasteiger partial charge on any atom is -0.287 e. The molecule has 2 aromatic rings. The zero-order valence-electron chi connectivity index (χ0n) is 15.5. The van der Waals surface area contributed by atoms with E-state index in [4.69, 9.17) is 9.97 Å². The molecule has 0 amide bonds. The van der Waals surface area contributed by atoms with E-state index < -0.39 is 0 Å². The van der Waals surface area contributed by atoms with Gasteiger partial charge in [0.25, 0.3) is 0 Å². The number of para-hydroxylation sites is 1. The maximum atomic E-state index is 4.97. The molecule has 1 unspecified atom stereocenters. The minimum atomic E-state index is -0.219. The molecule has 1 aromatic carbocycles. The third-order valence-electron chi connectivity index (χ3n) is 5.05. The summed E-state index contributed by atoms with van der Waals surface area (Å²) in [5.74, 6) is 0.930. The Balaban J connectivity index is 2.03. The summed E-state index contributed by atoms with van der Waals surface area (Å²) in [5, 5.41) is 1.10. The second-order valence-electron chi connectivity index (χ2n) is 6.86. The number of allylic oxidation sites excluding steroid dienone is 2. The fraction of sp³-hybridized carbons (Fsp3) is 0.455. The van der Waals surface area contributed by atoms with Gasteiger partial charge >= 0.3 is 0 Å². The van der Waals surface area contributed by atoms with Crippen LogP contribution in [-0.2, 0) is 5.54 Å². The van der Waals surface area contributed by atoms with Gasteiger partial charge in [-0.2, -0.15) is 0 Å². The van der Waals surface area contributed by atoms with Crippen LogP contribution in [0.5, 0.6) is 0 Å². The number of fused-ring (bicyclic) bond motifs is 1. The van der Waals surface area contributed by atoms with E-state index in [9.17, 15) is 0 Å². The van der Waals surface area contributed by atoms with Crippen molar-refractivity contribution in [2.75, 3.05) is 13.1 Å². The Hall–Kier alpha value is -2.00. The predicted octanol–water partition coefficient (Wildman–Crippen LogP) is 5.24. The number of hydrogen-bond acceptors (Lipinski definition) is 3. The Morgan fingerprint density at radius 2 is 1.80 bits per heavy atom. The van der Waals surface area contributed by atoms with Crippen LogP contribution >= 0.6 is 0 Å². The standard InChI is InChI=1S/C22H29N3/c1-3-5-16-25(17-6-4-2)22(14-10-7-11-15-22)21-23-18-19-12-8-9-13-20(19)24-21/h7-14,18H,3-6,15-17H2,1-2H3. The zero-order chi connectivity index (χ0) is 17.5. The van der Waals surface area contributed by atoms with Gasteiger partial charge in [0.15, 0.2) is 5.82 Å². The van der Waals surface area contributed by atoms with E-state index >= 15 is 0 Å². The quantitative estimate of drug-likeness (QED) is 0.660. The van der Waals surface area contributed by atoms with Gasteiger partial charge in [-0.15, -0.1) is 0 Å². The number of rotatable bonds is 8. The lowest BCUT2D eigenvalue weighted by Gasteiger charge is -2.41. The number of aromatic nitrogens is 2. The molecule has 0 aliphatic heterocycles. The molecule has 0 saturated carbocycles. The molecular weight excluding hydrogens is 306 g/mol. The van der Waals surface area contributed by atoms with Gasteiger partial charge in [0.05, 0.1) is 5.52 Å². The van der Waals surface area contributed by atoms with Crippen molar-refractivity contribution in [3.63, 3.8) is 0 Å². The molecule has 25 heavy (non-hydrogen) atoms. The van der Waals surface area contributed by atoms with E-state index in [1.165, 1.54) is 25.7 Å². The number of unbranched alkanes of at least 4 members (excludes halogenated alkanes) is 2. The molecular formula is C22H29N3. The van der Waals surface area contributed by atoms with E-state index in [-0.39, 0.29) is 5.54 Å². The van der Waals surface area contributed by atoms with Crippen LogP contribution < -0.4 is 0 Å². The summed E-state index contributed by atoms with van der Waals surface area (Å²) in [6.45, 7) is 6.69. The van der Waals surface area contributed by atoms with Gasteiger partial charge in [0.1, 0.15) is 5.54 Å². The van der Waals surface area contributed by atoms with Crippen molar-refractivity contribution in [3.05, 3.63) is 60.6 Å². The van der Waals surface area contributed by atoms with Gasteiger partial charge in [-0.25, -0.2) is 9.97 Å². The molecule has 0 bridgehead atoms. The Bertz CT molecular complexity index is 742. The first kappa shape index (κ1) is 17.8. The molecule has 0 radical (unpaired) electrons. The van der Waals surface area contributed by atoms with Crippen molar-refractivity contribution in [1.29, 1.82) is 0 Å². The Morgan fingerprint density at radius 3 is 2.48 bits per heavy atom. The summed E-state index contributed by atoms with van der Waals surface area (Å²) in [4.78, 5) is 12.4. The highest BCUT2D eigenvalue weighted by atomic mass is 15.2. The third-order valence-corrected chi connectivity index (χ3v) is 5.05. The maximum Gasteiger partial charge on any atom is 0.153 e. The first-order valence-electron chi connectivity index (χ1n) is 9.62. The van der Waals surface area contributed by atoms with Gasteiger partial charge in [-0.1, -0.05) is 69.2 Å². The summed E-state index contributed by atoms with van der Waals surface area (Å²) in [5.41, 5.74) is 0.809. The van der Waals surface area contributed by atoms with Crippen molar-refractivity contribution in [2.24, 2.45) is 0 Å². The van der Waals surface area contributed by atoms with Crippen molar-refractivity contribution in [3.8, 4) is 0 Å². The van der Waals surface area contributed by atoms with Crippen molar-refractivity contribution >= 4 is 10.9 Å². The zero-order valence-corrected chi connectivity index (χ0v) is 15.5. The van der Waals surface area contributed by atoms with Crippen LogP contribution in [0, 0.1) is 0 Å². The van der Waals surface area contributed by atoms with Gasteiger partial charge in [0.2, 0.25) is 0 Å². The van der Waals surface area contributed by atoms with Crippen LogP contribution in [0.2, 0.25) is 0 Å². The van der Waals surface area contributed by atoms with Crippen LogP contribution in [0.25, 0.3) is 10.9 Å². The highest BCUT2D eigenvalue weighted by molar-refractivity contribution is 5.77. The van der Waals surface area contributed by atoms with E-state index in [0.29, 0.717) is 0 Å². The average Bonchev–Trinajstić information content (AvgIpc) is 2.68. The second-order valence-corrected chi connectivity index (χ2v) is 6.86. The lowest BCUT2D eigenvalue weighted by atomic mass is 9.87. The normalized spacial score (nSPS) is 19.8. The van der Waals surface area contributed by atoms with E-state index in [1.807, 2.05) is 18.3 Å². The SMILES string of the molecule is CCCCN(CCCC)C1(c2ncc3ccccc3n2)C=CC=CC1. The van der Waals surface area contributed by atoms with Crippen LogP contribution in [0.4, 0.5) is 0 Å². The topological polar surface area (TPSA) is 29.0 Å². The molecule has 3 nitrogen and oxygen atoms in total. The number of hydrogen-bond donors (Lipinski definition) is 0. The molecule has 0 fully saturated rings. The summed E-state index contributed by atoms with van der Waals surface area (Å²) in [6.07, 6.45) is 16.6. The molecule has 1 aliphatic carbocycles. The Labute approximate surface area is 151 Å². The van der Waals surface area contributed by atoms with Crippen LogP contribution in [0.15, 0.2) is 54.8 Å². The van der Waals surface area contributed by atoms with Crippen LogP contribution in [0.3, 0.4) is 0 Å². The molecule has 0 N–H and O–H groups in total. The Kier molecular flexibility index (Phi) is 5.98. The fourth-order valence-electron chi connectivity index (χ4n) is 3.54. The average molecular weight is 335 g/mol. The third kappa shape index (κ3) is 3.82. The second kappa shape index (κ2) is 8.39. The van der Waals surface area contributed by atoms with Crippen molar-refractivity contribution < 1.29 is 0 Å². The molecule has 3 rings (SSSR count). The van der Waals surface area contributed by atoms with E-state index in [0.717, 1.165) is 36.2 Å². The van der Waals surface area contributed by atoms with Crippen LogP contribution in [0.1, 0.15) is 51.8 Å². The number of benzene rings is 1. The van der Waals surface area contributed by atoms with Gasteiger partial charge in [0, 0.05) is 11.6 Å². The smallest absolute Gasteiger partial charge is 0.153 e. The monoisotopic (exact) mass is 335 g/mol. The van der Waals surface area contributed by atoms with Gasteiger partial charge < -0.3 is 0 Å². The van der Waals surface area contributed by atoms with Crippen LogP contribution in [-0.4, -0.2) is 28.0 Å². The molecule has 0 saturated heterocycles. The van der Waals surface area contributed by atoms with Crippen molar-refractivity contribution in [1.82, 2.24) is 14.9 Å². The molecule has 1 atom stereocenters. The molecule has 3 heteroatoms. The van der Waals surface area contributed by atoms with E-state index in [1.54, 1.807) is 0 Å². The lowest BCUT2D eigenvalue weighted by molar-refractivity contribution is 0.117. The highest BCUT2D eigenvalue weighted by Crippen LogP contribution is 2.35.